The number of hydrogen-bond acceptors (Lipinski definition) is 6. The van der Waals surface area contributed by atoms with Gasteiger partial charge in [0.15, 0.2) is 0 Å². The van der Waals surface area contributed by atoms with E-state index in [0.29, 0.717) is 19.3 Å². The molecule has 1 aliphatic rings. The molecule has 5 rings (SSSR count). The van der Waals surface area contributed by atoms with E-state index in [-0.39, 0.29) is 35.0 Å². The fourth-order valence-corrected chi connectivity index (χ4v) is 12.6. The van der Waals surface area contributed by atoms with Crippen LogP contribution in [-0.4, -0.2) is 38.4 Å². The molecule has 0 saturated heterocycles. The van der Waals surface area contributed by atoms with Crippen LogP contribution in [0.1, 0.15) is 63.9 Å². The molecule has 1 fully saturated rings. The number of allylic oxidation sites excluding steroid dienone is 2. The van der Waals surface area contributed by atoms with E-state index in [1.54, 1.807) is 11.3 Å². The molecule has 0 bridgehead atoms. The number of ether oxygens (including phenoxy) is 1. The fraction of sp³-hybridized carbons (Fsp3) is 0.350. The fourth-order valence-electron chi connectivity index (χ4n) is 6.80. The Balaban J connectivity index is 1.52. The van der Waals surface area contributed by atoms with Crippen molar-refractivity contribution in [1.29, 1.82) is 0 Å². The zero-order valence-corrected chi connectivity index (χ0v) is 29.6. The highest BCUT2D eigenvalue weighted by atomic mass is 32.1. The number of unbranched alkanes of at least 4 members (excludes halogenated alkanes) is 1. The van der Waals surface area contributed by atoms with Gasteiger partial charge < -0.3 is 14.3 Å². The zero-order chi connectivity index (χ0) is 33.4. The average Bonchev–Trinajstić information content (AvgIpc) is 3.62. The smallest absolute Gasteiger partial charge is 0.305 e. The Bertz CT molecular complexity index is 1620. The van der Waals surface area contributed by atoms with Crippen LogP contribution in [0.5, 0.6) is 0 Å². The van der Waals surface area contributed by atoms with Crippen molar-refractivity contribution in [3.8, 4) is 0 Å². The van der Waals surface area contributed by atoms with Crippen LogP contribution in [0.2, 0.25) is 5.04 Å². The van der Waals surface area contributed by atoms with Crippen LogP contribution >= 0.6 is 11.3 Å². The van der Waals surface area contributed by atoms with E-state index in [9.17, 15) is 14.7 Å². The first kappa shape index (κ1) is 34.7. The molecule has 5 nitrogen and oxygen atoms in total. The van der Waals surface area contributed by atoms with Gasteiger partial charge >= 0.3 is 5.97 Å². The van der Waals surface area contributed by atoms with Crippen molar-refractivity contribution in [1.82, 2.24) is 0 Å². The van der Waals surface area contributed by atoms with Crippen molar-refractivity contribution in [2.75, 3.05) is 7.11 Å². The summed E-state index contributed by atoms with van der Waals surface area (Å²) in [5, 5.41) is 14.4. The zero-order valence-electron chi connectivity index (χ0n) is 27.8. The van der Waals surface area contributed by atoms with Gasteiger partial charge in [-0.2, -0.15) is 0 Å². The van der Waals surface area contributed by atoms with Crippen LogP contribution in [-0.2, 0) is 18.8 Å². The van der Waals surface area contributed by atoms with Gasteiger partial charge in [0.25, 0.3) is 8.32 Å². The largest absolute Gasteiger partial charge is 0.469 e. The standard InChI is InChI=1S/C40H46O5SSi/c1-40(2,3)47(30-18-9-7-10-19-30,31-20-11-8-12-21-31)45-36(38-27-29-17-15-16-23-37(29)46-38)26-25-33-32(34(41)28-35(33)42)22-13-5-6-14-24-39(43)44-4/h5,7-13,15-21,23,25-27,32-33,35-36,42H,6,14,22,24,28H2,1-4H3/t32-,33+,35-,36-/m1/s1. The van der Waals surface area contributed by atoms with Gasteiger partial charge in [-0.05, 0) is 52.2 Å². The highest BCUT2D eigenvalue weighted by molar-refractivity contribution is 7.19. The van der Waals surface area contributed by atoms with Gasteiger partial charge in [0.05, 0.1) is 19.3 Å². The van der Waals surface area contributed by atoms with Crippen LogP contribution in [0.3, 0.4) is 0 Å². The topological polar surface area (TPSA) is 72.8 Å². The Morgan fingerprint density at radius 1 is 0.979 bits per heavy atom. The second-order valence-electron chi connectivity index (χ2n) is 13.4. The number of carbonyl (C=O) groups excluding carboxylic acids is 2. The number of rotatable bonds is 13. The lowest BCUT2D eigenvalue weighted by Gasteiger charge is -2.44. The molecule has 0 aliphatic heterocycles. The normalized spacial score (nSPS) is 19.6. The summed E-state index contributed by atoms with van der Waals surface area (Å²) in [4.78, 5) is 25.6. The Hall–Kier alpha value is -3.62. The molecule has 47 heavy (non-hydrogen) atoms. The van der Waals surface area contributed by atoms with Crippen LogP contribution in [0, 0.1) is 11.8 Å². The molecule has 3 aromatic carbocycles. The molecule has 1 saturated carbocycles. The molecule has 0 spiro atoms. The number of aliphatic hydroxyl groups excluding tert-OH is 1. The maximum Gasteiger partial charge on any atom is 0.305 e. The lowest BCUT2D eigenvalue weighted by atomic mass is 9.90. The molecule has 4 atom stereocenters. The van der Waals surface area contributed by atoms with Gasteiger partial charge in [0, 0.05) is 34.3 Å². The van der Waals surface area contributed by atoms with Crippen molar-refractivity contribution in [2.24, 2.45) is 11.8 Å². The van der Waals surface area contributed by atoms with Gasteiger partial charge in [-0.3, -0.25) is 9.59 Å². The summed E-state index contributed by atoms with van der Waals surface area (Å²) in [5.41, 5.74) is 0. The number of hydrogen-bond donors (Lipinski definition) is 1. The number of methoxy groups -OCH3 is 1. The average molecular weight is 667 g/mol. The summed E-state index contributed by atoms with van der Waals surface area (Å²) in [6.45, 7) is 6.83. The Kier molecular flexibility index (Phi) is 11.5. The number of thiophene rings is 1. The number of Topliss-reactive ketones (excluding diaryl/α,β-unsaturated/α-hetero) is 1. The van der Waals surface area contributed by atoms with E-state index < -0.39 is 20.5 Å². The molecule has 7 heteroatoms. The van der Waals surface area contributed by atoms with E-state index in [2.05, 4.69) is 106 Å². The molecule has 0 amide bonds. The number of esters is 1. The summed E-state index contributed by atoms with van der Waals surface area (Å²) < 4.78 is 13.6. The third-order valence-electron chi connectivity index (χ3n) is 9.22. The third-order valence-corrected chi connectivity index (χ3v) is 15.4. The minimum atomic E-state index is -2.93. The number of fused-ring (bicyclic) bond motifs is 1. The molecule has 246 valence electrons. The van der Waals surface area contributed by atoms with E-state index in [1.165, 1.54) is 27.6 Å². The van der Waals surface area contributed by atoms with Crippen LogP contribution in [0.15, 0.2) is 115 Å². The van der Waals surface area contributed by atoms with Crippen molar-refractivity contribution in [3.63, 3.8) is 0 Å². The summed E-state index contributed by atoms with van der Waals surface area (Å²) in [6.07, 6.45) is 9.55. The Labute approximate surface area is 284 Å². The first-order valence-electron chi connectivity index (χ1n) is 16.5. The van der Waals surface area contributed by atoms with Gasteiger partial charge in [0.1, 0.15) is 5.78 Å². The van der Waals surface area contributed by atoms with Crippen LogP contribution in [0.4, 0.5) is 0 Å². The Morgan fingerprint density at radius 2 is 1.62 bits per heavy atom. The first-order valence-corrected chi connectivity index (χ1v) is 19.2. The molecule has 1 aromatic heterocycles. The molecule has 1 heterocycles. The highest BCUT2D eigenvalue weighted by Crippen LogP contribution is 2.43. The Morgan fingerprint density at radius 3 is 2.23 bits per heavy atom. The van der Waals surface area contributed by atoms with E-state index in [1.807, 2.05) is 30.4 Å². The number of ketones is 1. The quantitative estimate of drug-likeness (QED) is 0.0679. The minimum Gasteiger partial charge on any atom is -0.469 e. The van der Waals surface area contributed by atoms with Gasteiger partial charge in [-0.15, -0.1) is 11.3 Å². The van der Waals surface area contributed by atoms with Crippen molar-refractivity contribution < 1.29 is 23.9 Å². The van der Waals surface area contributed by atoms with E-state index >= 15 is 0 Å². The van der Waals surface area contributed by atoms with Gasteiger partial charge in [0.2, 0.25) is 0 Å². The third kappa shape index (κ3) is 7.92. The van der Waals surface area contributed by atoms with E-state index in [4.69, 9.17) is 9.16 Å². The lowest BCUT2D eigenvalue weighted by Crippen LogP contribution is -2.66. The van der Waals surface area contributed by atoms with Crippen LogP contribution < -0.4 is 10.4 Å². The summed E-state index contributed by atoms with van der Waals surface area (Å²) >= 11 is 1.73. The SMILES string of the molecule is COC(=O)CCCC=CC[C@H]1C(=O)C[C@@H](O)[C@H]1C=C[C@@H](O[Si](c1ccccc1)(c1ccccc1)C(C)(C)C)c1cc2ccccc2s1. The highest BCUT2D eigenvalue weighted by Gasteiger charge is 2.51. The molecule has 1 N–H and O–H groups in total. The second-order valence-corrected chi connectivity index (χ2v) is 18.7. The number of carbonyl (C=O) groups is 2. The predicted octanol–water partition coefficient (Wildman–Crippen LogP) is 7.93. The summed E-state index contributed by atoms with van der Waals surface area (Å²) in [5.74, 6) is -0.764. The molecule has 4 aromatic rings. The van der Waals surface area contributed by atoms with E-state index in [0.717, 1.165) is 11.3 Å². The van der Waals surface area contributed by atoms with Crippen molar-refractivity contribution in [2.45, 2.75) is 70.1 Å². The number of aliphatic hydroxyl groups is 1. The minimum absolute atomic E-state index is 0.0812. The number of benzene rings is 3. The van der Waals surface area contributed by atoms with Crippen LogP contribution in [0.25, 0.3) is 10.1 Å². The second kappa shape index (κ2) is 15.5. The summed E-state index contributed by atoms with van der Waals surface area (Å²) in [6, 6.07) is 31.9. The maximum absolute atomic E-state index is 13.1. The summed E-state index contributed by atoms with van der Waals surface area (Å²) in [7, 11) is -1.53. The van der Waals surface area contributed by atoms with Crippen molar-refractivity contribution >= 4 is 51.9 Å². The maximum atomic E-state index is 13.1. The predicted molar refractivity (Wildman–Crippen MR) is 195 cm³/mol. The van der Waals surface area contributed by atoms with Crippen molar-refractivity contribution in [3.05, 3.63) is 120 Å². The molecular weight excluding hydrogens is 621 g/mol. The first-order chi connectivity index (χ1) is 22.6. The molecule has 1 aliphatic carbocycles. The molecule has 0 unspecified atom stereocenters. The lowest BCUT2D eigenvalue weighted by molar-refractivity contribution is -0.140. The molecule has 0 radical (unpaired) electrons. The van der Waals surface area contributed by atoms with Gasteiger partial charge in [-0.1, -0.05) is 124 Å². The molecular formula is C40H46O5SSi. The monoisotopic (exact) mass is 666 g/mol. The van der Waals surface area contributed by atoms with Gasteiger partial charge in [-0.25, -0.2) is 0 Å².